The van der Waals surface area contributed by atoms with Crippen LogP contribution in [-0.4, -0.2) is 16.6 Å². The second-order valence-corrected chi connectivity index (χ2v) is 9.94. The molecule has 1 spiro atoms. The maximum absolute atomic E-state index is 13.4. The Bertz CT molecular complexity index is 1210. The Hall–Kier alpha value is -2.16. The highest BCUT2D eigenvalue weighted by Gasteiger charge is 2.61. The average Bonchev–Trinajstić information content (AvgIpc) is 3.42. The molecule has 0 radical (unpaired) electrons. The van der Waals surface area contributed by atoms with E-state index in [1.54, 1.807) is 11.3 Å². The van der Waals surface area contributed by atoms with Crippen LogP contribution in [0.2, 0.25) is 0 Å². The molecule has 2 unspecified atom stereocenters. The molecule has 0 saturated carbocycles. The van der Waals surface area contributed by atoms with E-state index in [2.05, 4.69) is 49.3 Å². The van der Waals surface area contributed by atoms with Gasteiger partial charge < -0.3 is 10.1 Å². The molecule has 1 amide bonds. The summed E-state index contributed by atoms with van der Waals surface area (Å²) in [6, 6.07) is 15.6. The summed E-state index contributed by atoms with van der Waals surface area (Å²) >= 11 is 8.76. The summed E-state index contributed by atoms with van der Waals surface area (Å²) in [5.74, 6) is 0.486. The van der Waals surface area contributed by atoms with Crippen LogP contribution in [0.1, 0.15) is 28.5 Å². The fourth-order valence-electron chi connectivity index (χ4n) is 4.28. The molecule has 2 atom stereocenters. The van der Waals surface area contributed by atoms with Crippen LogP contribution >= 0.6 is 43.2 Å². The van der Waals surface area contributed by atoms with Crippen molar-refractivity contribution in [2.45, 2.75) is 18.2 Å². The van der Waals surface area contributed by atoms with E-state index in [0.29, 0.717) is 12.2 Å². The Morgan fingerprint density at radius 3 is 2.83 bits per heavy atom. The van der Waals surface area contributed by atoms with E-state index in [9.17, 15) is 4.79 Å². The molecule has 0 fully saturated rings. The van der Waals surface area contributed by atoms with Crippen LogP contribution in [0.15, 0.2) is 68.0 Å². The molecule has 2 aromatic carbocycles. The van der Waals surface area contributed by atoms with Crippen molar-refractivity contribution in [1.82, 2.24) is 5.01 Å². The van der Waals surface area contributed by atoms with Crippen molar-refractivity contribution >= 4 is 60.5 Å². The van der Waals surface area contributed by atoms with Crippen molar-refractivity contribution in [3.63, 3.8) is 0 Å². The Morgan fingerprint density at radius 1 is 1.17 bits per heavy atom. The molecular formula is C21H13Br2N3O2S. The van der Waals surface area contributed by atoms with Crippen molar-refractivity contribution in [3.05, 3.63) is 78.9 Å². The highest BCUT2D eigenvalue weighted by Crippen LogP contribution is 2.54. The van der Waals surface area contributed by atoms with Gasteiger partial charge in [0.05, 0.1) is 27.9 Å². The van der Waals surface area contributed by atoms with Crippen LogP contribution in [0.3, 0.4) is 0 Å². The number of nitrogens with one attached hydrogen (secondary N) is 1. The Labute approximate surface area is 187 Å². The Morgan fingerprint density at radius 2 is 2.00 bits per heavy atom. The number of amides is 1. The minimum absolute atomic E-state index is 0.0935. The van der Waals surface area contributed by atoms with Crippen LogP contribution in [-0.2, 0) is 10.5 Å². The van der Waals surface area contributed by atoms with Crippen LogP contribution in [0, 0.1) is 0 Å². The number of benzene rings is 2. The zero-order valence-electron chi connectivity index (χ0n) is 14.9. The van der Waals surface area contributed by atoms with Crippen LogP contribution in [0.5, 0.6) is 5.75 Å². The molecule has 3 aliphatic rings. The lowest BCUT2D eigenvalue weighted by atomic mass is 9.93. The molecule has 1 aromatic heterocycles. The van der Waals surface area contributed by atoms with E-state index >= 15 is 0 Å². The lowest BCUT2D eigenvalue weighted by Crippen LogP contribution is -2.55. The number of anilines is 1. The monoisotopic (exact) mass is 529 g/mol. The summed E-state index contributed by atoms with van der Waals surface area (Å²) in [5, 5.41) is 11.8. The standard InChI is InChI=1S/C21H13Br2N3O2S/c22-11-4-6-18-13(8-11)17-10-16(19-2-1-7-29-19)25-26(17)21(28-18)14-9-12(23)3-5-15(14)24-20(21)27/h1-9,17H,10H2,(H,24,27). The second-order valence-electron chi connectivity index (χ2n) is 7.16. The molecule has 5 nitrogen and oxygen atoms in total. The zero-order chi connectivity index (χ0) is 19.8. The highest BCUT2D eigenvalue weighted by atomic mass is 79.9. The predicted octanol–water partition coefficient (Wildman–Crippen LogP) is 5.62. The van der Waals surface area contributed by atoms with E-state index in [0.717, 1.165) is 36.3 Å². The Kier molecular flexibility index (Phi) is 3.76. The molecule has 0 aliphatic carbocycles. The van der Waals surface area contributed by atoms with Gasteiger partial charge in [-0.15, -0.1) is 11.3 Å². The molecule has 144 valence electrons. The largest absolute Gasteiger partial charge is 0.453 e. The number of ether oxygens (including phenoxy) is 1. The number of carbonyl (C=O) groups is 1. The van der Waals surface area contributed by atoms with E-state index < -0.39 is 5.72 Å². The summed E-state index contributed by atoms with van der Waals surface area (Å²) < 4.78 is 8.33. The summed E-state index contributed by atoms with van der Waals surface area (Å²) in [7, 11) is 0. The molecule has 8 heteroatoms. The van der Waals surface area contributed by atoms with Gasteiger partial charge in [0.15, 0.2) is 0 Å². The molecule has 6 rings (SSSR count). The van der Waals surface area contributed by atoms with Gasteiger partial charge >= 0.3 is 5.72 Å². The van der Waals surface area contributed by atoms with Crippen molar-refractivity contribution in [3.8, 4) is 5.75 Å². The average molecular weight is 531 g/mol. The summed E-state index contributed by atoms with van der Waals surface area (Å²) in [6.45, 7) is 0. The molecule has 3 aromatic rings. The van der Waals surface area contributed by atoms with E-state index in [1.165, 1.54) is 0 Å². The maximum atomic E-state index is 13.4. The topological polar surface area (TPSA) is 53.9 Å². The van der Waals surface area contributed by atoms with Gasteiger partial charge in [0.2, 0.25) is 0 Å². The SMILES string of the molecule is O=C1Nc2ccc(Br)cc2C12Oc1ccc(Br)cc1C1CC(c3cccs3)=NN12. The molecule has 29 heavy (non-hydrogen) atoms. The fourth-order valence-corrected chi connectivity index (χ4v) is 5.74. The van der Waals surface area contributed by atoms with Gasteiger partial charge in [-0.25, -0.2) is 5.01 Å². The minimum Gasteiger partial charge on any atom is -0.453 e. The van der Waals surface area contributed by atoms with Crippen LogP contribution in [0.25, 0.3) is 0 Å². The maximum Gasteiger partial charge on any atom is 0.306 e. The van der Waals surface area contributed by atoms with Gasteiger partial charge in [-0.05, 0) is 47.8 Å². The van der Waals surface area contributed by atoms with Crippen molar-refractivity contribution in [2.24, 2.45) is 5.10 Å². The van der Waals surface area contributed by atoms with E-state index in [1.807, 2.05) is 46.8 Å². The first kappa shape index (κ1) is 17.7. The summed E-state index contributed by atoms with van der Waals surface area (Å²) in [5.41, 5.74) is 2.18. The minimum atomic E-state index is -1.33. The summed E-state index contributed by atoms with van der Waals surface area (Å²) in [6.07, 6.45) is 0.714. The number of hydrogen-bond donors (Lipinski definition) is 1. The summed E-state index contributed by atoms with van der Waals surface area (Å²) in [4.78, 5) is 14.5. The number of hydrazone groups is 1. The molecule has 0 saturated heterocycles. The number of thiophene rings is 1. The van der Waals surface area contributed by atoms with Gasteiger partial charge in [0.25, 0.3) is 5.91 Å². The molecule has 0 bridgehead atoms. The fraction of sp³-hybridized carbons (Fsp3) is 0.143. The number of hydrogen-bond acceptors (Lipinski definition) is 5. The second kappa shape index (κ2) is 6.17. The van der Waals surface area contributed by atoms with Crippen LogP contribution in [0.4, 0.5) is 5.69 Å². The number of fused-ring (bicyclic) bond motifs is 6. The van der Waals surface area contributed by atoms with Gasteiger partial charge in [-0.3, -0.25) is 4.79 Å². The van der Waals surface area contributed by atoms with Crippen LogP contribution < -0.4 is 10.1 Å². The Balaban J connectivity index is 1.61. The van der Waals surface area contributed by atoms with Gasteiger partial charge in [-0.1, -0.05) is 37.9 Å². The normalized spacial score (nSPS) is 23.9. The van der Waals surface area contributed by atoms with Gasteiger partial charge in [0, 0.05) is 20.9 Å². The smallest absolute Gasteiger partial charge is 0.306 e. The van der Waals surface area contributed by atoms with Crippen molar-refractivity contribution in [2.75, 3.05) is 5.32 Å². The first-order chi connectivity index (χ1) is 14.1. The predicted molar refractivity (Wildman–Crippen MR) is 119 cm³/mol. The molecule has 1 N–H and O–H groups in total. The lowest BCUT2D eigenvalue weighted by Gasteiger charge is -2.44. The third kappa shape index (κ3) is 2.42. The number of carbonyl (C=O) groups excluding carboxylic acids is 1. The first-order valence-corrected chi connectivity index (χ1v) is 11.5. The number of nitrogens with zero attached hydrogens (tertiary/aromatic N) is 2. The molecular weight excluding hydrogens is 518 g/mol. The number of halogens is 2. The molecule has 4 heterocycles. The van der Waals surface area contributed by atoms with Gasteiger partial charge in [0.1, 0.15) is 5.75 Å². The molecule has 3 aliphatic heterocycles. The number of rotatable bonds is 1. The zero-order valence-corrected chi connectivity index (χ0v) is 18.8. The lowest BCUT2D eigenvalue weighted by molar-refractivity contribution is -0.161. The van der Waals surface area contributed by atoms with Gasteiger partial charge in [-0.2, -0.15) is 5.10 Å². The first-order valence-electron chi connectivity index (χ1n) is 9.07. The third-order valence-corrected chi connectivity index (χ3v) is 7.44. The van der Waals surface area contributed by atoms with E-state index in [-0.39, 0.29) is 11.9 Å². The van der Waals surface area contributed by atoms with Crippen molar-refractivity contribution < 1.29 is 9.53 Å². The quantitative estimate of drug-likeness (QED) is 0.444. The van der Waals surface area contributed by atoms with Crippen molar-refractivity contribution in [1.29, 1.82) is 0 Å². The third-order valence-electron chi connectivity index (χ3n) is 5.53. The van der Waals surface area contributed by atoms with E-state index in [4.69, 9.17) is 9.84 Å². The highest BCUT2D eigenvalue weighted by molar-refractivity contribution is 9.10.